The largest absolute Gasteiger partial charge is 0.507 e. The van der Waals surface area contributed by atoms with Gasteiger partial charge in [0.05, 0.1) is 11.3 Å². The van der Waals surface area contributed by atoms with Crippen LogP contribution in [0.5, 0.6) is 11.5 Å². The second-order valence-corrected chi connectivity index (χ2v) is 4.40. The van der Waals surface area contributed by atoms with Crippen molar-refractivity contribution in [2.75, 3.05) is 0 Å². The lowest BCUT2D eigenvalue weighted by Crippen LogP contribution is -2.52. The summed E-state index contributed by atoms with van der Waals surface area (Å²) in [6.45, 7) is 0. The van der Waals surface area contributed by atoms with Crippen LogP contribution in [0.1, 0.15) is 0 Å². The van der Waals surface area contributed by atoms with Crippen LogP contribution in [0, 0.1) is 0 Å². The fourth-order valence-electron chi connectivity index (χ4n) is 1.71. The highest BCUT2D eigenvalue weighted by molar-refractivity contribution is 6.33. The van der Waals surface area contributed by atoms with Gasteiger partial charge in [0, 0.05) is 11.6 Å². The number of alkyl halides is 4. The van der Waals surface area contributed by atoms with Crippen molar-refractivity contribution in [3.05, 3.63) is 35.6 Å². The van der Waals surface area contributed by atoms with Gasteiger partial charge in [-0.2, -0.15) is 17.6 Å². The number of halogens is 5. The Kier molecular flexibility index (Phi) is 2.66. The predicted molar refractivity (Wildman–Crippen MR) is 60.3 cm³/mol. The molecule has 0 aliphatic carbocycles. The summed E-state index contributed by atoms with van der Waals surface area (Å²) in [5, 5.41) is 0.00307. The molecule has 106 valence electrons. The van der Waals surface area contributed by atoms with Crippen molar-refractivity contribution >= 4 is 11.6 Å². The molecule has 20 heavy (non-hydrogen) atoms. The second kappa shape index (κ2) is 4.05. The Balaban J connectivity index is 2.11. The fraction of sp³-hybridized carbons (Fsp3) is 0.167. The molecule has 2 aromatic rings. The highest BCUT2D eigenvalue weighted by atomic mass is 35.5. The second-order valence-electron chi connectivity index (χ2n) is 3.99. The van der Waals surface area contributed by atoms with Gasteiger partial charge in [-0.25, -0.2) is 0 Å². The molecule has 1 aromatic heterocycles. The van der Waals surface area contributed by atoms with E-state index < -0.39 is 23.7 Å². The molecule has 0 atom stereocenters. The molecule has 1 aliphatic rings. The minimum Gasteiger partial charge on any atom is -0.464 e. The molecule has 1 aromatic carbocycles. The van der Waals surface area contributed by atoms with Gasteiger partial charge >= 0.3 is 12.2 Å². The van der Waals surface area contributed by atoms with E-state index in [1.165, 1.54) is 12.3 Å². The Morgan fingerprint density at radius 3 is 2.10 bits per heavy atom. The summed E-state index contributed by atoms with van der Waals surface area (Å²) in [5.74, 6) is -0.833. The van der Waals surface area contributed by atoms with Gasteiger partial charge in [0.2, 0.25) is 0 Å². The summed E-state index contributed by atoms with van der Waals surface area (Å²) < 4.78 is 65.2. The molecule has 0 bridgehead atoms. The van der Waals surface area contributed by atoms with Crippen molar-refractivity contribution < 1.29 is 31.5 Å². The minimum atomic E-state index is -4.77. The molecule has 1 aliphatic heterocycles. The van der Waals surface area contributed by atoms with Gasteiger partial charge in [0.25, 0.3) is 0 Å². The normalized spacial score (nSPS) is 18.9. The average Bonchev–Trinajstić information content (AvgIpc) is 2.83. The number of benzene rings is 1. The molecule has 0 radical (unpaired) electrons. The number of furan rings is 1. The summed E-state index contributed by atoms with van der Waals surface area (Å²) in [4.78, 5) is 0. The standard InChI is InChI=1S/C12H5ClF4O3/c13-7-5-10-9(4-6(7)8-2-1-3-18-8)19-11(14,15)12(16,17)20-10/h1-5H. The minimum absolute atomic E-state index is 0.00307. The summed E-state index contributed by atoms with van der Waals surface area (Å²) in [7, 11) is 0. The summed E-state index contributed by atoms with van der Waals surface area (Å²) in [6.07, 6.45) is -8.19. The number of fused-ring (bicyclic) bond motifs is 1. The van der Waals surface area contributed by atoms with E-state index in [-0.39, 0.29) is 16.3 Å². The Bertz CT molecular complexity index is 655. The summed E-state index contributed by atoms with van der Waals surface area (Å²) in [5.41, 5.74) is 0.222. The van der Waals surface area contributed by atoms with E-state index in [9.17, 15) is 17.6 Å². The van der Waals surface area contributed by atoms with E-state index in [1.54, 1.807) is 6.07 Å². The lowest BCUT2D eigenvalue weighted by Gasteiger charge is -2.32. The molecule has 0 fully saturated rings. The molecule has 0 spiro atoms. The van der Waals surface area contributed by atoms with Crippen LogP contribution in [-0.2, 0) is 0 Å². The molecule has 8 heteroatoms. The molecule has 0 unspecified atom stereocenters. The Labute approximate surface area is 114 Å². The van der Waals surface area contributed by atoms with E-state index >= 15 is 0 Å². The maximum absolute atomic E-state index is 13.1. The topological polar surface area (TPSA) is 31.6 Å². The van der Waals surface area contributed by atoms with Crippen LogP contribution in [0.15, 0.2) is 34.9 Å². The average molecular weight is 309 g/mol. The van der Waals surface area contributed by atoms with Gasteiger partial charge in [-0.15, -0.1) is 0 Å². The number of hydrogen-bond donors (Lipinski definition) is 0. The van der Waals surface area contributed by atoms with E-state index in [2.05, 4.69) is 9.47 Å². The fourth-order valence-corrected chi connectivity index (χ4v) is 1.96. The van der Waals surface area contributed by atoms with Crippen molar-refractivity contribution in [2.24, 2.45) is 0 Å². The Hall–Kier alpha value is -1.89. The smallest absolute Gasteiger partial charge is 0.464 e. The van der Waals surface area contributed by atoms with Crippen molar-refractivity contribution in [3.8, 4) is 22.8 Å². The first-order valence-corrected chi connectivity index (χ1v) is 5.69. The van der Waals surface area contributed by atoms with Gasteiger partial charge in [-0.1, -0.05) is 11.6 Å². The first kappa shape index (κ1) is 13.1. The molecule has 0 saturated heterocycles. The van der Waals surface area contributed by atoms with E-state index in [4.69, 9.17) is 16.0 Å². The van der Waals surface area contributed by atoms with Crippen LogP contribution >= 0.6 is 11.6 Å². The quantitative estimate of drug-likeness (QED) is 0.724. The zero-order chi connectivity index (χ0) is 14.5. The molecule has 2 heterocycles. The number of ether oxygens (including phenoxy) is 2. The van der Waals surface area contributed by atoms with E-state index in [1.807, 2.05) is 0 Å². The first-order chi connectivity index (χ1) is 9.30. The van der Waals surface area contributed by atoms with Crippen molar-refractivity contribution in [2.45, 2.75) is 12.2 Å². The van der Waals surface area contributed by atoms with Crippen LogP contribution in [0.3, 0.4) is 0 Å². The molecule has 0 N–H and O–H groups in total. The Morgan fingerprint density at radius 1 is 0.950 bits per heavy atom. The molecule has 3 rings (SSSR count). The molecular weight excluding hydrogens is 304 g/mol. The van der Waals surface area contributed by atoms with Crippen molar-refractivity contribution in [3.63, 3.8) is 0 Å². The first-order valence-electron chi connectivity index (χ1n) is 5.31. The molecule has 0 saturated carbocycles. The van der Waals surface area contributed by atoms with E-state index in [0.717, 1.165) is 12.1 Å². The van der Waals surface area contributed by atoms with Crippen LogP contribution < -0.4 is 9.47 Å². The van der Waals surface area contributed by atoms with E-state index in [0.29, 0.717) is 0 Å². The highest BCUT2D eigenvalue weighted by Crippen LogP contribution is 2.49. The van der Waals surface area contributed by atoms with Crippen LogP contribution in [-0.4, -0.2) is 12.2 Å². The molecule has 0 amide bonds. The predicted octanol–water partition coefficient (Wildman–Crippen LogP) is 4.56. The van der Waals surface area contributed by atoms with Gasteiger partial charge in [-0.3, -0.25) is 0 Å². The number of rotatable bonds is 1. The Morgan fingerprint density at radius 2 is 1.55 bits per heavy atom. The van der Waals surface area contributed by atoms with Crippen LogP contribution in [0.4, 0.5) is 17.6 Å². The molecular formula is C12H5ClF4O3. The third-order valence-corrected chi connectivity index (χ3v) is 2.95. The number of hydrogen-bond acceptors (Lipinski definition) is 3. The zero-order valence-electron chi connectivity index (χ0n) is 9.50. The monoisotopic (exact) mass is 308 g/mol. The lowest BCUT2D eigenvalue weighted by molar-refractivity contribution is -0.391. The van der Waals surface area contributed by atoms with Crippen LogP contribution in [0.25, 0.3) is 11.3 Å². The SMILES string of the molecule is FC1(F)Oc2cc(Cl)c(-c3ccco3)cc2OC1(F)F. The van der Waals surface area contributed by atoms with Gasteiger partial charge in [0.1, 0.15) is 5.76 Å². The van der Waals surface area contributed by atoms with Gasteiger partial charge in [0.15, 0.2) is 11.5 Å². The lowest BCUT2D eigenvalue weighted by atomic mass is 10.1. The van der Waals surface area contributed by atoms with Crippen molar-refractivity contribution in [1.82, 2.24) is 0 Å². The highest BCUT2D eigenvalue weighted by Gasteiger charge is 2.66. The maximum atomic E-state index is 13.1. The van der Waals surface area contributed by atoms with Gasteiger partial charge in [-0.05, 0) is 18.2 Å². The van der Waals surface area contributed by atoms with Gasteiger partial charge < -0.3 is 13.9 Å². The summed E-state index contributed by atoms with van der Waals surface area (Å²) >= 11 is 5.89. The molecule has 3 nitrogen and oxygen atoms in total. The maximum Gasteiger partial charge on any atom is 0.507 e. The third-order valence-electron chi connectivity index (χ3n) is 2.64. The third kappa shape index (κ3) is 1.89. The van der Waals surface area contributed by atoms with Crippen LogP contribution in [0.2, 0.25) is 5.02 Å². The zero-order valence-corrected chi connectivity index (χ0v) is 10.3. The van der Waals surface area contributed by atoms with Crippen molar-refractivity contribution in [1.29, 1.82) is 0 Å². The summed E-state index contributed by atoms with van der Waals surface area (Å²) in [6, 6.07) is 5.12.